The fourth-order valence-electron chi connectivity index (χ4n) is 1.39. The van der Waals surface area contributed by atoms with E-state index in [9.17, 15) is 9.50 Å². The second-order valence-corrected chi connectivity index (χ2v) is 4.93. The summed E-state index contributed by atoms with van der Waals surface area (Å²) >= 11 is 12.7. The first-order valence-corrected chi connectivity index (χ1v) is 4.97. The van der Waals surface area contributed by atoms with Gasteiger partial charge in [-0.1, -0.05) is 23.2 Å². The average molecular weight is 227 g/mol. The maximum Gasteiger partial charge on any atom is 0.134 e. The van der Waals surface area contributed by atoms with E-state index in [2.05, 4.69) is 0 Å². The Labute approximate surface area is 82.7 Å². The Morgan fingerprint density at radius 2 is 2.08 bits per heavy atom. The molecular weight excluding hydrogens is 222 g/mol. The van der Waals surface area contributed by atoms with Crippen molar-refractivity contribution in [1.82, 2.24) is 0 Å². The van der Waals surface area contributed by atoms with Gasteiger partial charge in [-0.3, -0.25) is 0 Å². The predicted octanol–water partition coefficient (Wildman–Crippen LogP) is 2.98. The lowest BCUT2D eigenvalue weighted by atomic mass is 10.2. The molecule has 2 unspecified atom stereocenters. The Balaban J connectivity index is 2.55. The molecule has 1 aromatic rings. The topological polar surface area (TPSA) is 20.2 Å². The monoisotopic (exact) mass is 226 g/mol. The molecule has 0 spiro atoms. The molecule has 0 aliphatic heterocycles. The number of hydrogen-bond donors (Lipinski definition) is 1. The summed E-state index contributed by atoms with van der Waals surface area (Å²) in [5, 5.41) is 9.33. The highest BCUT2D eigenvalue weighted by molar-refractivity contribution is 7.20. The molecule has 0 fully saturated rings. The van der Waals surface area contributed by atoms with Gasteiger partial charge in [0.2, 0.25) is 0 Å². The summed E-state index contributed by atoms with van der Waals surface area (Å²) in [6.45, 7) is 0. The van der Waals surface area contributed by atoms with Crippen molar-refractivity contribution in [3.05, 3.63) is 19.8 Å². The number of halogens is 3. The number of thiophene rings is 1. The minimum Gasteiger partial charge on any atom is -0.385 e. The van der Waals surface area contributed by atoms with Gasteiger partial charge in [-0.05, 0) is 5.56 Å². The number of fused-ring (bicyclic) bond motifs is 1. The minimum absolute atomic E-state index is 0.179. The van der Waals surface area contributed by atoms with E-state index in [0.29, 0.717) is 19.8 Å². The zero-order chi connectivity index (χ0) is 8.88. The van der Waals surface area contributed by atoms with Crippen LogP contribution in [0.15, 0.2) is 0 Å². The zero-order valence-electron chi connectivity index (χ0n) is 5.85. The van der Waals surface area contributed by atoms with Crippen LogP contribution in [-0.4, -0.2) is 11.3 Å². The van der Waals surface area contributed by atoms with Crippen molar-refractivity contribution in [2.24, 2.45) is 0 Å². The third kappa shape index (κ3) is 1.08. The van der Waals surface area contributed by atoms with E-state index in [4.69, 9.17) is 23.2 Å². The van der Waals surface area contributed by atoms with E-state index >= 15 is 0 Å². The highest BCUT2D eigenvalue weighted by atomic mass is 35.5. The highest BCUT2D eigenvalue weighted by Crippen LogP contribution is 2.46. The zero-order valence-corrected chi connectivity index (χ0v) is 8.18. The third-order valence-corrected chi connectivity index (χ3v) is 3.71. The SMILES string of the molecule is OC1c2c(Cl)sc(Cl)c2CC1F. The van der Waals surface area contributed by atoms with Gasteiger partial charge in [0.05, 0.1) is 4.34 Å². The molecule has 5 heteroatoms. The summed E-state index contributed by atoms with van der Waals surface area (Å²) in [4.78, 5) is 0. The lowest BCUT2D eigenvalue weighted by Gasteiger charge is -2.04. The average Bonchev–Trinajstić information content (AvgIpc) is 2.41. The van der Waals surface area contributed by atoms with Gasteiger partial charge in [0, 0.05) is 12.0 Å². The molecule has 1 aromatic heterocycles. The van der Waals surface area contributed by atoms with Crippen LogP contribution in [0.25, 0.3) is 0 Å². The summed E-state index contributed by atoms with van der Waals surface area (Å²) < 4.78 is 13.8. The smallest absolute Gasteiger partial charge is 0.134 e. The van der Waals surface area contributed by atoms with Gasteiger partial charge >= 0.3 is 0 Å². The van der Waals surface area contributed by atoms with Gasteiger partial charge in [0.25, 0.3) is 0 Å². The van der Waals surface area contributed by atoms with E-state index in [-0.39, 0.29) is 6.42 Å². The van der Waals surface area contributed by atoms with Crippen molar-refractivity contribution in [2.75, 3.05) is 0 Å². The normalized spacial score (nSPS) is 27.7. The van der Waals surface area contributed by atoms with Crippen molar-refractivity contribution in [3.8, 4) is 0 Å². The first-order chi connectivity index (χ1) is 5.61. The number of aliphatic hydroxyl groups is 1. The van der Waals surface area contributed by atoms with E-state index in [1.165, 1.54) is 11.3 Å². The maximum absolute atomic E-state index is 12.9. The molecule has 0 saturated carbocycles. The van der Waals surface area contributed by atoms with Crippen LogP contribution in [0.1, 0.15) is 17.2 Å². The summed E-state index contributed by atoms with van der Waals surface area (Å²) in [7, 11) is 0. The summed E-state index contributed by atoms with van der Waals surface area (Å²) in [6, 6.07) is 0. The fourth-order valence-corrected chi connectivity index (χ4v) is 3.21. The van der Waals surface area contributed by atoms with Gasteiger partial charge in [-0.25, -0.2) is 4.39 Å². The van der Waals surface area contributed by atoms with Crippen LogP contribution in [-0.2, 0) is 6.42 Å². The molecule has 0 aromatic carbocycles. The Kier molecular flexibility index (Phi) is 2.07. The van der Waals surface area contributed by atoms with Gasteiger partial charge in [-0.15, -0.1) is 11.3 Å². The van der Waals surface area contributed by atoms with Gasteiger partial charge in [-0.2, -0.15) is 0 Å². The van der Waals surface area contributed by atoms with Crippen LogP contribution >= 0.6 is 34.5 Å². The van der Waals surface area contributed by atoms with Crippen LogP contribution < -0.4 is 0 Å². The molecular formula is C7H5Cl2FOS. The van der Waals surface area contributed by atoms with E-state index in [0.717, 1.165) is 0 Å². The quantitative estimate of drug-likeness (QED) is 0.722. The largest absolute Gasteiger partial charge is 0.385 e. The Morgan fingerprint density at radius 1 is 1.42 bits per heavy atom. The molecule has 66 valence electrons. The Bertz CT molecular complexity index is 325. The van der Waals surface area contributed by atoms with Crippen LogP contribution in [0, 0.1) is 0 Å². The molecule has 0 amide bonds. The molecule has 1 N–H and O–H groups in total. The lowest BCUT2D eigenvalue weighted by molar-refractivity contribution is 0.0928. The predicted molar refractivity (Wildman–Crippen MR) is 47.9 cm³/mol. The third-order valence-electron chi connectivity index (χ3n) is 1.99. The molecule has 0 radical (unpaired) electrons. The van der Waals surface area contributed by atoms with Crippen LogP contribution in [0.3, 0.4) is 0 Å². The molecule has 2 atom stereocenters. The fraction of sp³-hybridized carbons (Fsp3) is 0.429. The van der Waals surface area contributed by atoms with E-state index in [1.54, 1.807) is 0 Å². The highest BCUT2D eigenvalue weighted by Gasteiger charge is 2.36. The Morgan fingerprint density at radius 3 is 2.67 bits per heavy atom. The van der Waals surface area contributed by atoms with Crippen LogP contribution in [0.5, 0.6) is 0 Å². The summed E-state index contributed by atoms with van der Waals surface area (Å²) in [6.07, 6.45) is -2.16. The number of aliphatic hydroxyl groups excluding tert-OH is 1. The maximum atomic E-state index is 12.9. The Hall–Kier alpha value is 0.170. The van der Waals surface area contributed by atoms with E-state index < -0.39 is 12.3 Å². The van der Waals surface area contributed by atoms with E-state index in [1.807, 2.05) is 0 Å². The minimum atomic E-state index is -1.25. The van der Waals surface area contributed by atoms with Crippen molar-refractivity contribution in [1.29, 1.82) is 0 Å². The molecule has 12 heavy (non-hydrogen) atoms. The molecule has 1 aliphatic rings. The lowest BCUT2D eigenvalue weighted by Crippen LogP contribution is -2.06. The number of alkyl halides is 1. The second kappa shape index (κ2) is 2.84. The van der Waals surface area contributed by atoms with Crippen molar-refractivity contribution in [2.45, 2.75) is 18.7 Å². The molecule has 1 heterocycles. The van der Waals surface area contributed by atoms with Gasteiger partial charge < -0.3 is 5.11 Å². The van der Waals surface area contributed by atoms with Crippen LogP contribution in [0.2, 0.25) is 8.67 Å². The van der Waals surface area contributed by atoms with Crippen molar-refractivity contribution >= 4 is 34.5 Å². The van der Waals surface area contributed by atoms with Crippen molar-refractivity contribution in [3.63, 3.8) is 0 Å². The van der Waals surface area contributed by atoms with Crippen molar-refractivity contribution < 1.29 is 9.50 Å². The van der Waals surface area contributed by atoms with Gasteiger partial charge in [0.15, 0.2) is 0 Å². The molecule has 0 bridgehead atoms. The first kappa shape index (κ1) is 8.75. The number of hydrogen-bond acceptors (Lipinski definition) is 2. The summed E-state index contributed by atoms with van der Waals surface area (Å²) in [5.74, 6) is 0. The second-order valence-electron chi connectivity index (χ2n) is 2.71. The molecule has 1 nitrogen and oxygen atoms in total. The molecule has 2 rings (SSSR count). The summed E-state index contributed by atoms with van der Waals surface area (Å²) in [5.41, 5.74) is 1.16. The van der Waals surface area contributed by atoms with Gasteiger partial charge in [0.1, 0.15) is 16.6 Å². The molecule has 1 aliphatic carbocycles. The van der Waals surface area contributed by atoms with Crippen LogP contribution in [0.4, 0.5) is 4.39 Å². The standard InChI is InChI=1S/C7H5Cl2FOS/c8-6-2-1-3(10)5(11)4(2)7(9)12-6/h3,5,11H,1H2. The molecule has 0 saturated heterocycles. The first-order valence-electron chi connectivity index (χ1n) is 3.40. The number of rotatable bonds is 0.